The first-order valence-electron chi connectivity index (χ1n) is 7.04. The van der Waals surface area contributed by atoms with E-state index in [0.717, 1.165) is 19.6 Å². The lowest BCUT2D eigenvalue weighted by atomic mass is 9.79. The molecule has 0 aromatic carbocycles. The Kier molecular flexibility index (Phi) is 8.06. The molecule has 0 fully saturated rings. The molecule has 0 aromatic heterocycles. The van der Waals surface area contributed by atoms with Crippen LogP contribution in [0.1, 0.15) is 61.3 Å². The Morgan fingerprint density at radius 1 is 0.824 bits per heavy atom. The van der Waals surface area contributed by atoms with E-state index >= 15 is 0 Å². The molecule has 0 heterocycles. The zero-order chi connectivity index (χ0) is 13.5. The Balaban J connectivity index is 4.50. The molecule has 2 heteroatoms. The molecule has 0 saturated heterocycles. The van der Waals surface area contributed by atoms with E-state index < -0.39 is 0 Å². The van der Waals surface area contributed by atoms with Crippen LogP contribution >= 0.6 is 0 Å². The summed E-state index contributed by atoms with van der Waals surface area (Å²) in [6.07, 6.45) is 2.88. The Morgan fingerprint density at radius 3 is 1.47 bits per heavy atom. The number of ether oxygens (including phenoxy) is 2. The average molecular weight is 244 g/mol. The lowest BCUT2D eigenvalue weighted by Gasteiger charge is -2.35. The van der Waals surface area contributed by atoms with Crippen LogP contribution in [-0.4, -0.2) is 25.4 Å². The normalized spacial score (nSPS) is 13.1. The van der Waals surface area contributed by atoms with Gasteiger partial charge in [0.2, 0.25) is 0 Å². The highest BCUT2D eigenvalue weighted by molar-refractivity contribution is 4.79. The average Bonchev–Trinajstić information content (AvgIpc) is 2.21. The lowest BCUT2D eigenvalue weighted by molar-refractivity contribution is -0.0663. The van der Waals surface area contributed by atoms with Gasteiger partial charge >= 0.3 is 0 Å². The highest BCUT2D eigenvalue weighted by Gasteiger charge is 2.30. The van der Waals surface area contributed by atoms with Gasteiger partial charge in [-0.25, -0.2) is 0 Å². The van der Waals surface area contributed by atoms with Crippen LogP contribution in [0.5, 0.6) is 0 Å². The summed E-state index contributed by atoms with van der Waals surface area (Å²) in [6, 6.07) is 0. The number of hydrogen-bond acceptors (Lipinski definition) is 2. The van der Waals surface area contributed by atoms with E-state index in [9.17, 15) is 0 Å². The predicted octanol–water partition coefficient (Wildman–Crippen LogP) is 4.28. The zero-order valence-corrected chi connectivity index (χ0v) is 12.9. The van der Waals surface area contributed by atoms with Gasteiger partial charge in [0, 0.05) is 5.41 Å². The summed E-state index contributed by atoms with van der Waals surface area (Å²) in [7, 11) is 0. The second-order valence-electron chi connectivity index (χ2n) is 6.17. The summed E-state index contributed by atoms with van der Waals surface area (Å²) < 4.78 is 11.7. The third-order valence-corrected chi connectivity index (χ3v) is 3.04. The van der Waals surface area contributed by atoms with Crippen molar-refractivity contribution in [2.75, 3.05) is 13.2 Å². The maximum atomic E-state index is 5.85. The fourth-order valence-corrected chi connectivity index (χ4v) is 2.06. The molecule has 0 rings (SSSR count). The van der Waals surface area contributed by atoms with Gasteiger partial charge in [0.15, 0.2) is 0 Å². The zero-order valence-electron chi connectivity index (χ0n) is 12.9. The molecular weight excluding hydrogens is 212 g/mol. The molecule has 2 nitrogen and oxygen atoms in total. The quantitative estimate of drug-likeness (QED) is 0.603. The molecule has 0 atom stereocenters. The van der Waals surface area contributed by atoms with Gasteiger partial charge in [-0.3, -0.25) is 0 Å². The van der Waals surface area contributed by atoms with Crippen LogP contribution < -0.4 is 0 Å². The van der Waals surface area contributed by atoms with Crippen molar-refractivity contribution in [1.82, 2.24) is 0 Å². The summed E-state index contributed by atoms with van der Waals surface area (Å²) in [5, 5.41) is 0. The van der Waals surface area contributed by atoms with Crippen molar-refractivity contribution in [3.63, 3.8) is 0 Å². The van der Waals surface area contributed by atoms with Crippen LogP contribution in [0.4, 0.5) is 0 Å². The van der Waals surface area contributed by atoms with Crippen molar-refractivity contribution in [2.45, 2.75) is 73.5 Å². The summed E-state index contributed by atoms with van der Waals surface area (Å²) in [4.78, 5) is 0. The SMILES string of the molecule is CCC(COC(C)C)(COC(C)C)CC(C)C. The summed E-state index contributed by atoms with van der Waals surface area (Å²) in [5.41, 5.74) is 0.183. The molecular formula is C15H32O2. The van der Waals surface area contributed by atoms with Crippen LogP contribution in [0.15, 0.2) is 0 Å². The Labute approximate surface area is 108 Å². The molecule has 0 aliphatic rings. The van der Waals surface area contributed by atoms with Crippen molar-refractivity contribution >= 4 is 0 Å². The van der Waals surface area contributed by atoms with Gasteiger partial charge in [-0.05, 0) is 46.5 Å². The third-order valence-electron chi connectivity index (χ3n) is 3.04. The Bertz CT molecular complexity index is 173. The third kappa shape index (κ3) is 7.77. The molecule has 0 radical (unpaired) electrons. The Morgan fingerprint density at radius 2 is 1.24 bits per heavy atom. The fraction of sp³-hybridized carbons (Fsp3) is 1.00. The van der Waals surface area contributed by atoms with Gasteiger partial charge in [0.05, 0.1) is 25.4 Å². The summed E-state index contributed by atoms with van der Waals surface area (Å²) >= 11 is 0. The predicted molar refractivity (Wildman–Crippen MR) is 74.4 cm³/mol. The van der Waals surface area contributed by atoms with Crippen molar-refractivity contribution < 1.29 is 9.47 Å². The second-order valence-corrected chi connectivity index (χ2v) is 6.17. The van der Waals surface area contributed by atoms with E-state index in [4.69, 9.17) is 9.47 Å². The van der Waals surface area contributed by atoms with Crippen molar-refractivity contribution in [3.05, 3.63) is 0 Å². The standard InChI is InChI=1S/C15H32O2/c1-8-15(9-12(2)3,10-16-13(4)5)11-17-14(6)7/h12-14H,8-11H2,1-7H3. The molecule has 0 saturated carbocycles. The number of rotatable bonds is 9. The van der Waals surface area contributed by atoms with Gasteiger partial charge in [-0.15, -0.1) is 0 Å². The van der Waals surface area contributed by atoms with Gasteiger partial charge in [-0.1, -0.05) is 20.8 Å². The van der Waals surface area contributed by atoms with E-state index in [2.05, 4.69) is 48.5 Å². The smallest absolute Gasteiger partial charge is 0.0547 e. The highest BCUT2D eigenvalue weighted by atomic mass is 16.5. The highest BCUT2D eigenvalue weighted by Crippen LogP contribution is 2.32. The van der Waals surface area contributed by atoms with Crippen LogP contribution in [0.2, 0.25) is 0 Å². The van der Waals surface area contributed by atoms with Crippen LogP contribution in [0.25, 0.3) is 0 Å². The van der Waals surface area contributed by atoms with E-state index in [0.29, 0.717) is 18.1 Å². The van der Waals surface area contributed by atoms with E-state index in [-0.39, 0.29) is 5.41 Å². The molecule has 0 unspecified atom stereocenters. The second kappa shape index (κ2) is 8.10. The van der Waals surface area contributed by atoms with Gasteiger partial charge < -0.3 is 9.47 Å². The first-order chi connectivity index (χ1) is 7.81. The molecule has 0 amide bonds. The molecule has 0 bridgehead atoms. The molecule has 0 aliphatic carbocycles. The maximum absolute atomic E-state index is 5.85. The van der Waals surface area contributed by atoms with Crippen molar-refractivity contribution in [3.8, 4) is 0 Å². The minimum absolute atomic E-state index is 0.183. The van der Waals surface area contributed by atoms with Crippen molar-refractivity contribution in [2.24, 2.45) is 11.3 Å². The molecule has 0 N–H and O–H groups in total. The first kappa shape index (κ1) is 16.9. The summed E-state index contributed by atoms with van der Waals surface area (Å²) in [6.45, 7) is 16.8. The number of hydrogen-bond donors (Lipinski definition) is 0. The molecule has 0 aromatic rings. The largest absolute Gasteiger partial charge is 0.378 e. The van der Waals surface area contributed by atoms with Crippen LogP contribution in [0.3, 0.4) is 0 Å². The van der Waals surface area contributed by atoms with Gasteiger partial charge in [-0.2, -0.15) is 0 Å². The topological polar surface area (TPSA) is 18.5 Å². The minimum atomic E-state index is 0.183. The van der Waals surface area contributed by atoms with Gasteiger partial charge in [0.25, 0.3) is 0 Å². The van der Waals surface area contributed by atoms with Crippen LogP contribution in [-0.2, 0) is 9.47 Å². The van der Waals surface area contributed by atoms with Crippen LogP contribution in [0, 0.1) is 11.3 Å². The Hall–Kier alpha value is -0.0800. The first-order valence-corrected chi connectivity index (χ1v) is 7.04. The van der Waals surface area contributed by atoms with E-state index in [1.807, 2.05) is 0 Å². The van der Waals surface area contributed by atoms with Crippen molar-refractivity contribution in [1.29, 1.82) is 0 Å². The molecule has 104 valence electrons. The lowest BCUT2D eigenvalue weighted by Crippen LogP contribution is -2.35. The maximum Gasteiger partial charge on any atom is 0.0547 e. The van der Waals surface area contributed by atoms with E-state index in [1.165, 1.54) is 6.42 Å². The molecule has 0 aliphatic heterocycles. The molecule has 0 spiro atoms. The molecule has 17 heavy (non-hydrogen) atoms. The fourth-order valence-electron chi connectivity index (χ4n) is 2.06. The van der Waals surface area contributed by atoms with E-state index in [1.54, 1.807) is 0 Å². The minimum Gasteiger partial charge on any atom is -0.378 e. The summed E-state index contributed by atoms with van der Waals surface area (Å²) in [5.74, 6) is 0.682. The van der Waals surface area contributed by atoms with Gasteiger partial charge in [0.1, 0.15) is 0 Å². The monoisotopic (exact) mass is 244 g/mol.